The molecule has 0 spiro atoms. The Kier molecular flexibility index (Phi) is 20.3. The summed E-state index contributed by atoms with van der Waals surface area (Å²) in [6.45, 7) is 10.6. The monoisotopic (exact) mass is 717 g/mol. The molecule has 0 radical (unpaired) electrons. The fourth-order valence-electron chi connectivity index (χ4n) is 5.73. The highest BCUT2D eigenvalue weighted by Gasteiger charge is 2.39. The molecule has 0 saturated heterocycles. The van der Waals surface area contributed by atoms with E-state index in [9.17, 15) is 33.9 Å². The van der Waals surface area contributed by atoms with Crippen LogP contribution in [0.5, 0.6) is 0 Å². The molecule has 0 aliphatic carbocycles. The normalized spacial score (nSPS) is 14.2. The van der Waals surface area contributed by atoms with Crippen LogP contribution in [-0.4, -0.2) is 139 Å². The average Bonchev–Trinajstić information content (AvgIpc) is 3.10. The van der Waals surface area contributed by atoms with Crippen LogP contribution in [0.25, 0.3) is 0 Å². The number of amides is 5. The summed E-state index contributed by atoms with van der Waals surface area (Å²) < 4.78 is 5.47. The quantitative estimate of drug-likeness (QED) is 0.129. The molecular weight excluding hydrogens is 654 g/mol. The summed E-state index contributed by atoms with van der Waals surface area (Å²) in [5, 5.41) is 12.0. The van der Waals surface area contributed by atoms with Gasteiger partial charge in [-0.1, -0.05) is 78.3 Å². The van der Waals surface area contributed by atoms with Gasteiger partial charge in [-0.2, -0.15) is 0 Å². The minimum Gasteiger partial charge on any atom is -0.394 e. The second-order valence-corrected chi connectivity index (χ2v) is 14.3. The zero-order valence-electron chi connectivity index (χ0n) is 32.5. The van der Waals surface area contributed by atoms with Gasteiger partial charge in [0.25, 0.3) is 0 Å². The summed E-state index contributed by atoms with van der Waals surface area (Å²) in [4.78, 5) is 85.5. The number of carbonyl (C=O) groups is 6. The van der Waals surface area contributed by atoms with E-state index in [1.54, 1.807) is 7.05 Å². The summed E-state index contributed by atoms with van der Waals surface area (Å²) in [6.07, 6.45) is 2.90. The smallest absolute Gasteiger partial charge is 0.247 e. The van der Waals surface area contributed by atoms with Crippen molar-refractivity contribution in [3.63, 3.8) is 0 Å². The third kappa shape index (κ3) is 14.7. The molecule has 0 saturated carbocycles. The van der Waals surface area contributed by atoms with Crippen molar-refractivity contribution in [2.24, 2.45) is 17.8 Å². The lowest BCUT2D eigenvalue weighted by Crippen LogP contribution is -2.60. The summed E-state index contributed by atoms with van der Waals surface area (Å²) >= 11 is 0. The Labute approximate surface area is 305 Å². The van der Waals surface area contributed by atoms with Gasteiger partial charge in [0, 0.05) is 41.0 Å². The van der Waals surface area contributed by atoms with Crippen LogP contribution >= 0.6 is 0 Å². The zero-order chi connectivity index (χ0) is 38.8. The number of carbonyl (C=O) groups excluding carboxylic acids is 6. The molecule has 13 nitrogen and oxygen atoms in total. The summed E-state index contributed by atoms with van der Waals surface area (Å²) in [5.74, 6) is -2.14. The van der Waals surface area contributed by atoms with E-state index < -0.39 is 47.8 Å². The number of hydrogen-bond donors (Lipinski definition) is 2. The molecule has 0 bridgehead atoms. The molecule has 13 heteroatoms. The third-order valence-electron chi connectivity index (χ3n) is 9.21. The van der Waals surface area contributed by atoms with E-state index in [0.29, 0.717) is 31.5 Å². The molecule has 2 N–H and O–H groups in total. The SMILES string of the molecule is CC[C@H](C)[C@@H](C(=O)N[C@@H](COCCO)C(=O)N(C)CC(=O)N(C)[C@H](C=O)CC(C)C)N(C)C(=O)[C@H](Cc1ccccc1)N(C)C(=O)CCC(C)C. The molecule has 0 aliphatic heterocycles. The topological polar surface area (TPSA) is 157 Å². The van der Waals surface area contributed by atoms with Gasteiger partial charge in [-0.15, -0.1) is 0 Å². The molecule has 1 aromatic rings. The number of nitrogens with zero attached hydrogens (tertiary/aromatic N) is 4. The van der Waals surface area contributed by atoms with Gasteiger partial charge in [0.05, 0.1) is 32.4 Å². The molecule has 5 atom stereocenters. The maximum absolute atomic E-state index is 14.3. The maximum atomic E-state index is 14.3. The largest absolute Gasteiger partial charge is 0.394 e. The fourth-order valence-corrected chi connectivity index (χ4v) is 5.73. The van der Waals surface area contributed by atoms with Crippen LogP contribution in [0, 0.1) is 17.8 Å². The molecule has 0 fully saturated rings. The first-order valence-corrected chi connectivity index (χ1v) is 18.0. The van der Waals surface area contributed by atoms with Crippen LogP contribution < -0.4 is 5.32 Å². The second-order valence-electron chi connectivity index (χ2n) is 14.3. The van der Waals surface area contributed by atoms with Gasteiger partial charge in [-0.05, 0) is 36.2 Å². The van der Waals surface area contributed by atoms with E-state index in [-0.39, 0.29) is 57.0 Å². The molecule has 51 heavy (non-hydrogen) atoms. The first-order valence-electron chi connectivity index (χ1n) is 18.0. The Morgan fingerprint density at radius 3 is 2.02 bits per heavy atom. The van der Waals surface area contributed by atoms with Crippen LogP contribution in [0.15, 0.2) is 30.3 Å². The standard InChI is InChI=1S/C38H63N5O8/c1-11-28(6)35(43(10)38(50)32(22-29-15-13-12-14-16-29)42(9)33(46)18-17-26(2)3)36(48)39-31(25-51-20-19-44)37(49)40(7)23-34(47)41(8)30(24-45)21-27(4)5/h12-16,24,26-28,30-32,35,44H,11,17-23,25H2,1-10H3,(H,39,48)/t28-,30-,31-,32-,35-/m0/s1. The van der Waals surface area contributed by atoms with Gasteiger partial charge >= 0.3 is 0 Å². The molecule has 0 aliphatic rings. The molecule has 0 aromatic heterocycles. The van der Waals surface area contributed by atoms with Crippen molar-refractivity contribution in [2.75, 3.05) is 54.6 Å². The van der Waals surface area contributed by atoms with E-state index in [0.717, 1.165) is 10.5 Å². The van der Waals surface area contributed by atoms with Crippen LogP contribution in [0.1, 0.15) is 72.8 Å². The number of nitrogens with one attached hydrogen (secondary N) is 1. The number of likely N-dealkylation sites (N-methyl/N-ethyl adjacent to an activating group) is 4. The van der Waals surface area contributed by atoms with Gasteiger partial charge < -0.3 is 39.6 Å². The van der Waals surface area contributed by atoms with Crippen LogP contribution in [0.4, 0.5) is 0 Å². The fraction of sp³-hybridized carbons (Fsp3) is 0.684. The highest BCUT2D eigenvalue weighted by Crippen LogP contribution is 2.20. The van der Waals surface area contributed by atoms with Crippen molar-refractivity contribution in [3.8, 4) is 0 Å². The number of aliphatic hydroxyl groups excluding tert-OH is 1. The lowest BCUT2D eigenvalue weighted by molar-refractivity contribution is -0.150. The molecule has 0 unspecified atom stereocenters. The van der Waals surface area contributed by atoms with Crippen LogP contribution in [0.2, 0.25) is 0 Å². The number of rotatable bonds is 23. The number of benzene rings is 1. The van der Waals surface area contributed by atoms with Crippen molar-refractivity contribution in [3.05, 3.63) is 35.9 Å². The molecule has 1 rings (SSSR count). The number of aliphatic hydroxyl groups is 1. The maximum Gasteiger partial charge on any atom is 0.247 e. The molecule has 5 amide bonds. The Morgan fingerprint density at radius 2 is 1.49 bits per heavy atom. The minimum atomic E-state index is -1.25. The molecular formula is C38H63N5O8. The van der Waals surface area contributed by atoms with Gasteiger partial charge in [-0.25, -0.2) is 0 Å². The zero-order valence-corrected chi connectivity index (χ0v) is 32.5. The van der Waals surface area contributed by atoms with E-state index in [1.807, 2.05) is 71.9 Å². The minimum absolute atomic E-state index is 0.0905. The van der Waals surface area contributed by atoms with Crippen molar-refractivity contribution < 1.29 is 38.6 Å². The first-order chi connectivity index (χ1) is 24.0. The van der Waals surface area contributed by atoms with Crippen molar-refractivity contribution in [1.29, 1.82) is 0 Å². The predicted molar refractivity (Wildman–Crippen MR) is 196 cm³/mol. The van der Waals surface area contributed by atoms with Gasteiger partial charge in [0.1, 0.15) is 24.4 Å². The van der Waals surface area contributed by atoms with Crippen molar-refractivity contribution >= 4 is 35.8 Å². The summed E-state index contributed by atoms with van der Waals surface area (Å²) in [7, 11) is 6.07. The predicted octanol–water partition coefficient (Wildman–Crippen LogP) is 2.39. The van der Waals surface area contributed by atoms with Crippen LogP contribution in [-0.2, 0) is 39.9 Å². The lowest BCUT2D eigenvalue weighted by atomic mass is 9.95. The Morgan fingerprint density at radius 1 is 0.863 bits per heavy atom. The summed E-state index contributed by atoms with van der Waals surface area (Å²) in [5.41, 5.74) is 0.857. The number of hydrogen-bond acceptors (Lipinski definition) is 8. The van der Waals surface area contributed by atoms with Crippen molar-refractivity contribution in [1.82, 2.24) is 24.9 Å². The van der Waals surface area contributed by atoms with Gasteiger partial charge in [0.15, 0.2) is 0 Å². The third-order valence-corrected chi connectivity index (χ3v) is 9.21. The summed E-state index contributed by atoms with van der Waals surface area (Å²) in [6, 6.07) is 5.56. The highest BCUT2D eigenvalue weighted by atomic mass is 16.5. The Bertz CT molecular complexity index is 1260. The lowest BCUT2D eigenvalue weighted by Gasteiger charge is -2.37. The Balaban J connectivity index is 3.37. The first kappa shape index (κ1) is 45.2. The molecule has 288 valence electrons. The van der Waals surface area contributed by atoms with Crippen LogP contribution in [0.3, 0.4) is 0 Å². The van der Waals surface area contributed by atoms with E-state index in [4.69, 9.17) is 4.74 Å². The van der Waals surface area contributed by atoms with E-state index >= 15 is 0 Å². The number of ether oxygens (including phenoxy) is 1. The highest BCUT2D eigenvalue weighted by molar-refractivity contribution is 5.95. The molecule has 1 aromatic carbocycles. The van der Waals surface area contributed by atoms with Gasteiger partial charge in [-0.3, -0.25) is 24.0 Å². The van der Waals surface area contributed by atoms with E-state index in [1.165, 1.54) is 35.8 Å². The molecule has 0 heterocycles. The van der Waals surface area contributed by atoms with Gasteiger partial charge in [0.2, 0.25) is 29.5 Å². The second kappa shape index (κ2) is 22.9. The van der Waals surface area contributed by atoms with Crippen molar-refractivity contribution in [2.45, 2.75) is 97.8 Å². The number of aldehydes is 1. The van der Waals surface area contributed by atoms with E-state index in [2.05, 4.69) is 5.32 Å². The average molecular weight is 718 g/mol. The Hall–Kier alpha value is -3.84.